The van der Waals surface area contributed by atoms with Gasteiger partial charge in [-0.3, -0.25) is 9.13 Å². The molecule has 0 saturated heterocycles. The van der Waals surface area contributed by atoms with Crippen LogP contribution in [0.25, 0.3) is 72.3 Å². The average molecular weight is 565 g/mol. The number of benzene rings is 6. The lowest BCUT2D eigenvalue weighted by Gasteiger charge is -2.12. The molecule has 9 aromatic rings. The summed E-state index contributed by atoms with van der Waals surface area (Å²) >= 11 is 0. The minimum Gasteiger partial charge on any atom is -0.309 e. The molecule has 0 aliphatic carbocycles. The van der Waals surface area contributed by atoms with Gasteiger partial charge < -0.3 is 4.57 Å². The van der Waals surface area contributed by atoms with E-state index in [0.29, 0.717) is 0 Å². The molecular weight excluding hydrogens is 536 g/mol. The van der Waals surface area contributed by atoms with Crippen LogP contribution in [0.4, 0.5) is 0 Å². The highest BCUT2D eigenvalue weighted by Gasteiger charge is 2.26. The SMILES string of the molecule is Cc1ccccc1-n1c2ccccc2c2c1ccc1c3c(nc(-c4ccccc4)n3-c3ccccc3)n(-c3ccccc3)c12. The van der Waals surface area contributed by atoms with Gasteiger partial charge in [-0.2, -0.15) is 0 Å². The molecule has 0 bridgehead atoms. The minimum atomic E-state index is 0.927. The second-order valence-corrected chi connectivity index (χ2v) is 11.3. The molecule has 0 unspecified atom stereocenters. The van der Waals surface area contributed by atoms with Crippen molar-refractivity contribution in [2.24, 2.45) is 0 Å². The van der Waals surface area contributed by atoms with E-state index in [0.717, 1.165) is 33.9 Å². The van der Waals surface area contributed by atoms with Gasteiger partial charge in [-0.25, -0.2) is 4.98 Å². The summed E-state index contributed by atoms with van der Waals surface area (Å²) < 4.78 is 7.12. The van der Waals surface area contributed by atoms with Crippen molar-refractivity contribution < 1.29 is 0 Å². The fourth-order valence-electron chi connectivity index (χ4n) is 6.89. The zero-order valence-corrected chi connectivity index (χ0v) is 24.2. The summed E-state index contributed by atoms with van der Waals surface area (Å²) in [4.78, 5) is 5.46. The number of hydrogen-bond acceptors (Lipinski definition) is 1. The first-order valence-electron chi connectivity index (χ1n) is 15.0. The van der Waals surface area contributed by atoms with Crippen LogP contribution in [0.15, 0.2) is 152 Å². The van der Waals surface area contributed by atoms with E-state index < -0.39 is 0 Å². The maximum atomic E-state index is 5.46. The molecule has 6 aromatic carbocycles. The Kier molecular flexibility index (Phi) is 5.38. The Hall–Kier alpha value is -5.87. The molecular formula is C40H28N4. The van der Waals surface area contributed by atoms with Crippen molar-refractivity contribution in [3.8, 4) is 28.5 Å². The van der Waals surface area contributed by atoms with E-state index in [2.05, 4.69) is 172 Å². The normalized spacial score (nSPS) is 11.8. The number of aryl methyl sites for hydroxylation is 1. The van der Waals surface area contributed by atoms with Gasteiger partial charge in [-0.15, -0.1) is 0 Å². The van der Waals surface area contributed by atoms with E-state index >= 15 is 0 Å². The molecule has 0 N–H and O–H groups in total. The summed E-state index contributed by atoms with van der Waals surface area (Å²) in [6.45, 7) is 2.19. The van der Waals surface area contributed by atoms with E-state index in [-0.39, 0.29) is 0 Å². The van der Waals surface area contributed by atoms with Crippen molar-refractivity contribution in [2.75, 3.05) is 0 Å². The number of aromatic nitrogens is 4. The van der Waals surface area contributed by atoms with Crippen LogP contribution in [0, 0.1) is 6.92 Å². The van der Waals surface area contributed by atoms with Gasteiger partial charge in [0.25, 0.3) is 0 Å². The molecule has 4 nitrogen and oxygen atoms in total. The lowest BCUT2D eigenvalue weighted by molar-refractivity contribution is 1.10. The van der Waals surface area contributed by atoms with Crippen LogP contribution in [0.2, 0.25) is 0 Å². The zero-order valence-electron chi connectivity index (χ0n) is 24.2. The van der Waals surface area contributed by atoms with Gasteiger partial charge in [0.05, 0.1) is 16.6 Å². The number of hydrogen-bond donors (Lipinski definition) is 0. The highest BCUT2D eigenvalue weighted by molar-refractivity contribution is 6.25. The lowest BCUT2D eigenvalue weighted by atomic mass is 10.1. The number of rotatable bonds is 4. The molecule has 0 atom stereocenters. The molecule has 44 heavy (non-hydrogen) atoms. The van der Waals surface area contributed by atoms with E-state index in [1.54, 1.807) is 0 Å². The summed E-state index contributed by atoms with van der Waals surface area (Å²) in [6.07, 6.45) is 0. The van der Waals surface area contributed by atoms with Crippen molar-refractivity contribution in [3.05, 3.63) is 157 Å². The molecule has 4 heteroatoms. The van der Waals surface area contributed by atoms with Gasteiger partial charge in [0, 0.05) is 38.8 Å². The molecule has 0 radical (unpaired) electrons. The van der Waals surface area contributed by atoms with Crippen molar-refractivity contribution in [1.29, 1.82) is 0 Å². The largest absolute Gasteiger partial charge is 0.309 e. The topological polar surface area (TPSA) is 27.7 Å². The van der Waals surface area contributed by atoms with E-state index in [4.69, 9.17) is 4.98 Å². The van der Waals surface area contributed by atoms with Gasteiger partial charge in [0.15, 0.2) is 5.65 Å². The maximum absolute atomic E-state index is 5.46. The minimum absolute atomic E-state index is 0.927. The van der Waals surface area contributed by atoms with Gasteiger partial charge in [-0.1, -0.05) is 103 Å². The maximum Gasteiger partial charge on any atom is 0.165 e. The highest BCUT2D eigenvalue weighted by Crippen LogP contribution is 2.44. The molecule has 0 saturated carbocycles. The zero-order chi connectivity index (χ0) is 29.2. The number of para-hydroxylation sites is 4. The van der Waals surface area contributed by atoms with Gasteiger partial charge in [-0.05, 0) is 61.0 Å². The van der Waals surface area contributed by atoms with Crippen molar-refractivity contribution >= 4 is 43.9 Å². The Bertz CT molecular complexity index is 2480. The summed E-state index contributed by atoms with van der Waals surface area (Å²) in [7, 11) is 0. The van der Waals surface area contributed by atoms with Gasteiger partial charge in [0.1, 0.15) is 11.3 Å². The smallest absolute Gasteiger partial charge is 0.165 e. The van der Waals surface area contributed by atoms with Crippen LogP contribution in [-0.4, -0.2) is 18.7 Å². The lowest BCUT2D eigenvalue weighted by Crippen LogP contribution is -1.98. The Balaban J connectivity index is 1.53. The third-order valence-electron chi connectivity index (χ3n) is 8.78. The molecule has 9 rings (SSSR count). The van der Waals surface area contributed by atoms with E-state index in [9.17, 15) is 0 Å². The Morgan fingerprint density at radius 2 is 1.07 bits per heavy atom. The fourth-order valence-corrected chi connectivity index (χ4v) is 6.89. The Morgan fingerprint density at radius 1 is 0.455 bits per heavy atom. The molecule has 208 valence electrons. The predicted octanol–water partition coefficient (Wildman–Crippen LogP) is 10.0. The summed E-state index contributed by atoms with van der Waals surface area (Å²) in [5, 5.41) is 3.62. The van der Waals surface area contributed by atoms with Crippen LogP contribution in [0.1, 0.15) is 5.56 Å². The third-order valence-corrected chi connectivity index (χ3v) is 8.78. The second kappa shape index (κ2) is 9.58. The number of imidazole rings is 1. The first kappa shape index (κ1) is 24.7. The average Bonchev–Trinajstić information content (AvgIpc) is 3.73. The van der Waals surface area contributed by atoms with Crippen molar-refractivity contribution in [2.45, 2.75) is 6.92 Å². The summed E-state index contributed by atoms with van der Waals surface area (Å²) in [5.74, 6) is 0.927. The van der Waals surface area contributed by atoms with Crippen LogP contribution in [0.5, 0.6) is 0 Å². The molecule has 0 aliphatic rings. The Morgan fingerprint density at radius 3 is 1.80 bits per heavy atom. The van der Waals surface area contributed by atoms with Crippen LogP contribution in [0.3, 0.4) is 0 Å². The molecule has 3 heterocycles. The van der Waals surface area contributed by atoms with Gasteiger partial charge >= 0.3 is 0 Å². The van der Waals surface area contributed by atoms with Crippen molar-refractivity contribution in [1.82, 2.24) is 18.7 Å². The molecule has 0 fully saturated rings. The summed E-state index contributed by atoms with van der Waals surface area (Å²) in [5.41, 5.74) is 11.3. The molecule has 0 amide bonds. The number of nitrogens with zero attached hydrogens (tertiary/aromatic N) is 4. The van der Waals surface area contributed by atoms with Crippen LogP contribution >= 0.6 is 0 Å². The molecule has 0 aliphatic heterocycles. The second-order valence-electron chi connectivity index (χ2n) is 11.3. The van der Waals surface area contributed by atoms with E-state index in [1.807, 2.05) is 0 Å². The summed E-state index contributed by atoms with van der Waals surface area (Å²) in [6, 6.07) is 53.8. The standard InChI is InChI=1S/C40H28N4/c1-27-15-11-13-23-33(27)44-34-24-14-12-22-31(34)36-35(44)26-25-32-37(36)42(29-18-7-3-8-19-29)40-38(32)43(30-20-9-4-10-21-30)39(41-40)28-16-5-2-6-17-28/h2-26H,1H3. The van der Waals surface area contributed by atoms with Gasteiger partial charge in [0.2, 0.25) is 0 Å². The molecule has 3 aromatic heterocycles. The third kappa shape index (κ3) is 3.48. The highest BCUT2D eigenvalue weighted by atomic mass is 15.2. The predicted molar refractivity (Wildman–Crippen MR) is 182 cm³/mol. The first-order valence-corrected chi connectivity index (χ1v) is 15.0. The number of fused-ring (bicyclic) bond motifs is 7. The first-order chi connectivity index (χ1) is 21.8. The quantitative estimate of drug-likeness (QED) is 0.209. The molecule has 0 spiro atoms. The van der Waals surface area contributed by atoms with Crippen molar-refractivity contribution in [3.63, 3.8) is 0 Å². The van der Waals surface area contributed by atoms with Crippen LogP contribution < -0.4 is 0 Å². The monoisotopic (exact) mass is 564 g/mol. The van der Waals surface area contributed by atoms with E-state index in [1.165, 1.54) is 44.0 Å². The van der Waals surface area contributed by atoms with Crippen LogP contribution in [-0.2, 0) is 0 Å². The fraction of sp³-hybridized carbons (Fsp3) is 0.0250. The Labute approximate surface area is 254 Å².